The van der Waals surface area contributed by atoms with E-state index in [1.165, 1.54) is 0 Å². The summed E-state index contributed by atoms with van der Waals surface area (Å²) in [6.45, 7) is 2.75. The van der Waals surface area contributed by atoms with E-state index in [0.29, 0.717) is 16.8 Å². The minimum Gasteiger partial charge on any atom is -0.354 e. The number of halogens is 1. The van der Waals surface area contributed by atoms with Gasteiger partial charge in [0.05, 0.1) is 5.69 Å². The molecule has 23 heavy (non-hydrogen) atoms. The molecule has 0 amide bonds. The second kappa shape index (κ2) is 7.07. The summed E-state index contributed by atoms with van der Waals surface area (Å²) in [5.74, 6) is 1.26. The van der Waals surface area contributed by atoms with Gasteiger partial charge in [-0.15, -0.1) is 0 Å². The minimum atomic E-state index is 0.568. The van der Waals surface area contributed by atoms with E-state index in [1.54, 1.807) is 12.4 Å². The quantitative estimate of drug-likeness (QED) is 0.729. The first kappa shape index (κ1) is 15.2. The molecule has 0 unspecified atom stereocenters. The molecule has 3 aromatic rings. The summed E-state index contributed by atoms with van der Waals surface area (Å²) in [6.07, 6.45) is 3.52. The molecule has 1 aromatic carbocycles. The van der Waals surface area contributed by atoms with Crippen LogP contribution in [0.2, 0.25) is 5.02 Å². The molecule has 0 atom stereocenters. The second-order valence-corrected chi connectivity index (χ2v) is 5.31. The number of benzene rings is 1. The number of aromatic nitrogens is 3. The molecule has 0 aliphatic carbocycles. The number of hydrogen-bond donors (Lipinski definition) is 2. The van der Waals surface area contributed by atoms with Crippen LogP contribution in [0, 0.1) is 0 Å². The SMILES string of the molecule is CCNc1nc(Nc2cccc(Cl)c2)cc(-c2cccnc2)n1. The Labute approximate surface area is 139 Å². The lowest BCUT2D eigenvalue weighted by molar-refractivity contribution is 1.09. The van der Waals surface area contributed by atoms with Crippen LogP contribution < -0.4 is 10.6 Å². The molecule has 0 aliphatic heterocycles. The normalized spacial score (nSPS) is 10.3. The maximum Gasteiger partial charge on any atom is 0.225 e. The fraction of sp³-hybridized carbons (Fsp3) is 0.118. The number of nitrogens with one attached hydrogen (secondary N) is 2. The molecule has 0 spiro atoms. The summed E-state index contributed by atoms with van der Waals surface area (Å²) in [5.41, 5.74) is 2.60. The van der Waals surface area contributed by atoms with Gasteiger partial charge in [-0.05, 0) is 37.3 Å². The van der Waals surface area contributed by atoms with Crippen molar-refractivity contribution in [1.82, 2.24) is 15.0 Å². The van der Waals surface area contributed by atoms with E-state index in [2.05, 4.69) is 25.6 Å². The fourth-order valence-electron chi connectivity index (χ4n) is 2.12. The first-order chi connectivity index (χ1) is 11.2. The monoisotopic (exact) mass is 325 g/mol. The van der Waals surface area contributed by atoms with Crippen LogP contribution in [-0.4, -0.2) is 21.5 Å². The standard InChI is InChI=1S/C17H16ClN5/c1-2-20-17-22-15(12-5-4-8-19-11-12)10-16(23-17)21-14-7-3-6-13(18)9-14/h3-11H,2H2,1H3,(H2,20,21,22,23). The molecule has 0 aliphatic rings. The van der Waals surface area contributed by atoms with Crippen LogP contribution in [0.4, 0.5) is 17.5 Å². The van der Waals surface area contributed by atoms with Crippen molar-refractivity contribution >= 4 is 29.1 Å². The topological polar surface area (TPSA) is 62.7 Å². The summed E-state index contributed by atoms with van der Waals surface area (Å²) >= 11 is 6.03. The molecule has 3 rings (SSSR count). The molecular formula is C17H16ClN5. The Kier molecular flexibility index (Phi) is 4.68. The van der Waals surface area contributed by atoms with Crippen LogP contribution in [0.3, 0.4) is 0 Å². The van der Waals surface area contributed by atoms with Gasteiger partial charge in [-0.3, -0.25) is 4.98 Å². The first-order valence-electron chi connectivity index (χ1n) is 7.30. The van der Waals surface area contributed by atoms with Gasteiger partial charge in [-0.2, -0.15) is 4.98 Å². The minimum absolute atomic E-state index is 0.568. The van der Waals surface area contributed by atoms with Crippen molar-refractivity contribution < 1.29 is 0 Å². The van der Waals surface area contributed by atoms with Gasteiger partial charge in [0.1, 0.15) is 5.82 Å². The number of rotatable bonds is 5. The van der Waals surface area contributed by atoms with Crippen LogP contribution >= 0.6 is 11.6 Å². The van der Waals surface area contributed by atoms with E-state index in [-0.39, 0.29) is 0 Å². The van der Waals surface area contributed by atoms with Crippen LogP contribution in [0.25, 0.3) is 11.3 Å². The second-order valence-electron chi connectivity index (χ2n) is 4.87. The van der Waals surface area contributed by atoms with Crippen molar-refractivity contribution in [1.29, 1.82) is 0 Å². The van der Waals surface area contributed by atoms with Crippen molar-refractivity contribution in [2.75, 3.05) is 17.2 Å². The summed E-state index contributed by atoms with van der Waals surface area (Å²) in [7, 11) is 0. The molecule has 2 heterocycles. The van der Waals surface area contributed by atoms with Gasteiger partial charge in [-0.1, -0.05) is 17.7 Å². The zero-order chi connectivity index (χ0) is 16.1. The highest BCUT2D eigenvalue weighted by Gasteiger charge is 2.07. The maximum absolute atomic E-state index is 6.03. The van der Waals surface area contributed by atoms with Crippen molar-refractivity contribution in [2.24, 2.45) is 0 Å². The Morgan fingerprint density at radius 3 is 2.74 bits per heavy atom. The smallest absolute Gasteiger partial charge is 0.225 e. The van der Waals surface area contributed by atoms with Gasteiger partial charge in [-0.25, -0.2) is 4.98 Å². The highest BCUT2D eigenvalue weighted by molar-refractivity contribution is 6.30. The van der Waals surface area contributed by atoms with Crippen molar-refractivity contribution in [2.45, 2.75) is 6.92 Å². The molecule has 0 bridgehead atoms. The van der Waals surface area contributed by atoms with Gasteiger partial charge in [0.15, 0.2) is 0 Å². The van der Waals surface area contributed by atoms with Gasteiger partial charge in [0, 0.05) is 41.3 Å². The van der Waals surface area contributed by atoms with Gasteiger partial charge in [0.25, 0.3) is 0 Å². The number of anilines is 3. The molecule has 5 nitrogen and oxygen atoms in total. The van der Waals surface area contributed by atoms with E-state index in [4.69, 9.17) is 11.6 Å². The number of pyridine rings is 1. The lowest BCUT2D eigenvalue weighted by Gasteiger charge is -2.11. The van der Waals surface area contributed by atoms with Crippen LogP contribution in [0.5, 0.6) is 0 Å². The highest BCUT2D eigenvalue weighted by atomic mass is 35.5. The lowest BCUT2D eigenvalue weighted by Crippen LogP contribution is -2.05. The van der Waals surface area contributed by atoms with Crippen LogP contribution in [-0.2, 0) is 0 Å². The fourth-order valence-corrected chi connectivity index (χ4v) is 2.32. The molecule has 116 valence electrons. The molecule has 0 radical (unpaired) electrons. The Hall–Kier alpha value is -2.66. The largest absolute Gasteiger partial charge is 0.354 e. The third-order valence-corrected chi connectivity index (χ3v) is 3.35. The molecule has 0 fully saturated rings. The van der Waals surface area contributed by atoms with E-state index < -0.39 is 0 Å². The molecular weight excluding hydrogens is 310 g/mol. The lowest BCUT2D eigenvalue weighted by atomic mass is 10.2. The van der Waals surface area contributed by atoms with E-state index >= 15 is 0 Å². The zero-order valence-electron chi connectivity index (χ0n) is 12.6. The summed E-state index contributed by atoms with van der Waals surface area (Å²) < 4.78 is 0. The Morgan fingerprint density at radius 2 is 2.00 bits per heavy atom. The predicted octanol–water partition coefficient (Wildman–Crippen LogP) is 4.37. The van der Waals surface area contributed by atoms with E-state index in [9.17, 15) is 0 Å². The van der Waals surface area contributed by atoms with Gasteiger partial charge in [0.2, 0.25) is 5.95 Å². The number of hydrogen-bond acceptors (Lipinski definition) is 5. The Balaban J connectivity index is 1.97. The average molecular weight is 326 g/mol. The molecule has 2 aromatic heterocycles. The van der Waals surface area contributed by atoms with Gasteiger partial charge >= 0.3 is 0 Å². The average Bonchev–Trinajstić information content (AvgIpc) is 2.56. The van der Waals surface area contributed by atoms with E-state index in [1.807, 2.05) is 49.4 Å². The molecule has 0 saturated heterocycles. The number of nitrogens with zero attached hydrogens (tertiary/aromatic N) is 3. The van der Waals surface area contributed by atoms with E-state index in [0.717, 1.165) is 23.5 Å². The van der Waals surface area contributed by atoms with Crippen LogP contribution in [0.15, 0.2) is 54.9 Å². The third kappa shape index (κ3) is 3.96. The zero-order valence-corrected chi connectivity index (χ0v) is 13.4. The summed E-state index contributed by atoms with van der Waals surface area (Å²) in [6, 6.07) is 13.2. The van der Waals surface area contributed by atoms with Crippen LogP contribution in [0.1, 0.15) is 6.92 Å². The predicted molar refractivity (Wildman–Crippen MR) is 94.2 cm³/mol. The summed E-state index contributed by atoms with van der Waals surface area (Å²) in [5, 5.41) is 7.07. The van der Waals surface area contributed by atoms with Crippen molar-refractivity contribution in [3.8, 4) is 11.3 Å². The molecule has 2 N–H and O–H groups in total. The Bertz CT molecular complexity index is 792. The first-order valence-corrected chi connectivity index (χ1v) is 7.68. The molecule has 6 heteroatoms. The van der Waals surface area contributed by atoms with Crippen molar-refractivity contribution in [3.63, 3.8) is 0 Å². The third-order valence-electron chi connectivity index (χ3n) is 3.12. The van der Waals surface area contributed by atoms with Gasteiger partial charge < -0.3 is 10.6 Å². The highest BCUT2D eigenvalue weighted by Crippen LogP contribution is 2.24. The van der Waals surface area contributed by atoms with Crippen molar-refractivity contribution in [3.05, 3.63) is 59.9 Å². The maximum atomic E-state index is 6.03. The Morgan fingerprint density at radius 1 is 1.09 bits per heavy atom. The summed E-state index contributed by atoms with van der Waals surface area (Å²) in [4.78, 5) is 13.1. The molecule has 0 saturated carbocycles.